The van der Waals surface area contributed by atoms with Gasteiger partial charge in [-0.1, -0.05) is 11.6 Å². The predicted molar refractivity (Wildman–Crippen MR) is 108 cm³/mol. The minimum atomic E-state index is -4.59. The Morgan fingerprint density at radius 3 is 2.50 bits per heavy atom. The lowest BCUT2D eigenvalue weighted by Gasteiger charge is -2.19. The molecule has 0 aromatic heterocycles. The van der Waals surface area contributed by atoms with Crippen LogP contribution in [0.1, 0.15) is 32.6 Å². The maximum Gasteiger partial charge on any atom is 0.425 e. The number of nitrogens with zero attached hydrogens (tertiary/aromatic N) is 1. The second kappa shape index (κ2) is 8.72. The number of ether oxygens (including phenoxy) is 2. The molecule has 0 unspecified atom stereocenters. The molecule has 32 heavy (non-hydrogen) atoms. The average Bonchev–Trinajstić information content (AvgIpc) is 3.33. The Kier molecular flexibility index (Phi) is 6.71. The first-order valence-electron chi connectivity index (χ1n) is 9.86. The van der Waals surface area contributed by atoms with Gasteiger partial charge in [-0.15, -0.1) is 0 Å². The fourth-order valence-corrected chi connectivity index (χ4v) is 6.04. The molecule has 1 aromatic rings. The van der Waals surface area contributed by atoms with Gasteiger partial charge in [0.15, 0.2) is 15.9 Å². The number of rotatable bonds is 7. The zero-order chi connectivity index (χ0) is 23.9. The largest absolute Gasteiger partial charge is 0.481 e. The van der Waals surface area contributed by atoms with Gasteiger partial charge >= 0.3 is 6.18 Å². The molecule has 0 spiro atoms. The summed E-state index contributed by atoms with van der Waals surface area (Å²) in [4.78, 5) is 12.4. The lowest BCUT2D eigenvalue weighted by Crippen LogP contribution is -2.42. The molecular formula is C20H22ClF3N2O5S. The van der Waals surface area contributed by atoms with Gasteiger partial charge in [0.05, 0.1) is 33.3 Å². The fourth-order valence-electron chi connectivity index (χ4n) is 3.70. The van der Waals surface area contributed by atoms with E-state index >= 15 is 0 Å². The number of amides is 1. The van der Waals surface area contributed by atoms with Crippen LogP contribution in [0.3, 0.4) is 0 Å². The molecule has 1 amide bonds. The highest BCUT2D eigenvalue weighted by Gasteiger charge is 2.50. The topological polar surface area (TPSA) is 105 Å². The minimum absolute atomic E-state index is 0.0339. The van der Waals surface area contributed by atoms with E-state index in [0.29, 0.717) is 12.8 Å². The SMILES string of the molecule is CO[C@H]1C[C@@H](S(=O)(=O)c2ccc(O[C@H](C)C(F)(F)F)cc2Cl)C[C@@H]1C(=O)NC1(C#N)CC1. The van der Waals surface area contributed by atoms with E-state index in [-0.39, 0.29) is 28.5 Å². The Morgan fingerprint density at radius 2 is 2.00 bits per heavy atom. The van der Waals surface area contributed by atoms with Gasteiger partial charge in [-0.05, 0) is 44.7 Å². The highest BCUT2D eigenvalue weighted by Crippen LogP contribution is 2.40. The van der Waals surface area contributed by atoms with Gasteiger partial charge in [0, 0.05) is 13.2 Å². The van der Waals surface area contributed by atoms with Gasteiger partial charge < -0.3 is 14.8 Å². The maximum atomic E-state index is 13.2. The molecule has 4 atom stereocenters. The van der Waals surface area contributed by atoms with Crippen molar-refractivity contribution in [3.63, 3.8) is 0 Å². The van der Waals surface area contributed by atoms with E-state index in [2.05, 4.69) is 11.4 Å². The molecule has 3 rings (SSSR count). The Hall–Kier alpha value is -2.03. The molecule has 1 aromatic carbocycles. The Balaban J connectivity index is 1.77. The summed E-state index contributed by atoms with van der Waals surface area (Å²) in [5.41, 5.74) is -0.890. The molecule has 0 radical (unpaired) electrons. The molecule has 176 valence electrons. The first kappa shape index (κ1) is 24.6. The third kappa shape index (κ3) is 4.97. The molecule has 2 aliphatic carbocycles. The second-order valence-electron chi connectivity index (χ2n) is 8.10. The number of carbonyl (C=O) groups excluding carboxylic acids is 1. The Labute approximate surface area is 188 Å². The number of hydrogen-bond donors (Lipinski definition) is 1. The van der Waals surface area contributed by atoms with Crippen LogP contribution >= 0.6 is 11.6 Å². The molecule has 0 aliphatic heterocycles. The third-order valence-electron chi connectivity index (χ3n) is 5.85. The van der Waals surface area contributed by atoms with E-state index < -0.39 is 50.8 Å². The number of halogens is 4. The van der Waals surface area contributed by atoms with Crippen LogP contribution in [0.15, 0.2) is 23.1 Å². The monoisotopic (exact) mass is 494 g/mol. The van der Waals surface area contributed by atoms with Crippen molar-refractivity contribution in [3.05, 3.63) is 23.2 Å². The van der Waals surface area contributed by atoms with Crippen LogP contribution in [0.25, 0.3) is 0 Å². The quantitative estimate of drug-likeness (QED) is 0.622. The summed E-state index contributed by atoms with van der Waals surface area (Å²) in [6.45, 7) is 0.825. The lowest BCUT2D eigenvalue weighted by molar-refractivity contribution is -0.189. The van der Waals surface area contributed by atoms with Crippen molar-refractivity contribution in [1.29, 1.82) is 5.26 Å². The first-order valence-corrected chi connectivity index (χ1v) is 11.8. The third-order valence-corrected chi connectivity index (χ3v) is 8.51. The smallest absolute Gasteiger partial charge is 0.425 e. The molecule has 2 fully saturated rings. The van der Waals surface area contributed by atoms with E-state index in [9.17, 15) is 31.6 Å². The molecule has 0 saturated heterocycles. The minimum Gasteiger partial charge on any atom is -0.481 e. The number of benzene rings is 1. The number of alkyl halides is 3. The van der Waals surface area contributed by atoms with Crippen molar-refractivity contribution in [3.8, 4) is 11.8 Å². The number of sulfone groups is 1. The van der Waals surface area contributed by atoms with E-state index in [4.69, 9.17) is 21.1 Å². The van der Waals surface area contributed by atoms with Crippen LogP contribution in [0, 0.1) is 17.2 Å². The lowest BCUT2D eigenvalue weighted by atomic mass is 10.0. The molecule has 0 heterocycles. The zero-order valence-corrected chi connectivity index (χ0v) is 18.9. The van der Waals surface area contributed by atoms with Gasteiger partial charge in [-0.3, -0.25) is 4.79 Å². The van der Waals surface area contributed by atoms with E-state index in [1.54, 1.807) is 0 Å². The van der Waals surface area contributed by atoms with Crippen molar-refractivity contribution in [2.45, 2.75) is 66.7 Å². The maximum absolute atomic E-state index is 13.2. The average molecular weight is 495 g/mol. The van der Waals surface area contributed by atoms with Crippen molar-refractivity contribution >= 4 is 27.3 Å². The number of carbonyl (C=O) groups is 1. The van der Waals surface area contributed by atoms with Gasteiger partial charge in [0.1, 0.15) is 11.3 Å². The molecule has 1 N–H and O–H groups in total. The highest BCUT2D eigenvalue weighted by atomic mass is 35.5. The van der Waals surface area contributed by atoms with Gasteiger partial charge in [-0.2, -0.15) is 18.4 Å². The summed E-state index contributed by atoms with van der Waals surface area (Å²) in [5.74, 6) is -1.42. The van der Waals surface area contributed by atoms with Crippen molar-refractivity contribution < 1.29 is 35.9 Å². The number of nitriles is 1. The summed E-state index contributed by atoms with van der Waals surface area (Å²) in [6.07, 6.45) is -6.27. The molecule has 12 heteroatoms. The normalized spacial score (nSPS) is 25.6. The standard InChI is InChI=1S/C20H22ClF3N2O5S/c1-11(20(22,23)24)31-12-3-4-17(15(21)7-12)32(28,29)13-8-14(16(9-13)30-2)18(27)26-19(10-25)5-6-19/h3-4,7,11,13-14,16H,5-6,8-9H2,1-2H3,(H,26,27)/t11-,13+,14+,16+/m1/s1. The van der Waals surface area contributed by atoms with E-state index in [0.717, 1.165) is 25.1 Å². The van der Waals surface area contributed by atoms with Gasteiger partial charge in [0.25, 0.3) is 0 Å². The zero-order valence-electron chi connectivity index (χ0n) is 17.3. The summed E-state index contributed by atoms with van der Waals surface area (Å²) < 4.78 is 74.6. The van der Waals surface area contributed by atoms with Gasteiger partial charge in [-0.25, -0.2) is 8.42 Å². The van der Waals surface area contributed by atoms with Crippen LogP contribution in [-0.2, 0) is 19.4 Å². The Morgan fingerprint density at radius 1 is 1.34 bits per heavy atom. The van der Waals surface area contributed by atoms with Crippen LogP contribution < -0.4 is 10.1 Å². The summed E-state index contributed by atoms with van der Waals surface area (Å²) in [5, 5.41) is 10.6. The van der Waals surface area contributed by atoms with E-state index in [1.807, 2.05) is 0 Å². The van der Waals surface area contributed by atoms with Crippen LogP contribution in [0.4, 0.5) is 13.2 Å². The second-order valence-corrected chi connectivity index (χ2v) is 10.7. The van der Waals surface area contributed by atoms with Crippen molar-refractivity contribution in [2.75, 3.05) is 7.11 Å². The molecule has 0 bridgehead atoms. The number of methoxy groups -OCH3 is 1. The summed E-state index contributed by atoms with van der Waals surface area (Å²) in [7, 11) is -2.65. The molecule has 2 aliphatic rings. The number of nitrogens with one attached hydrogen (secondary N) is 1. The molecule has 2 saturated carbocycles. The predicted octanol–water partition coefficient (Wildman–Crippen LogP) is 3.41. The fraction of sp³-hybridized carbons (Fsp3) is 0.600. The summed E-state index contributed by atoms with van der Waals surface area (Å²) in [6, 6.07) is 5.28. The van der Waals surface area contributed by atoms with Gasteiger partial charge in [0.2, 0.25) is 5.91 Å². The van der Waals surface area contributed by atoms with Crippen molar-refractivity contribution in [1.82, 2.24) is 5.32 Å². The van der Waals surface area contributed by atoms with E-state index in [1.165, 1.54) is 7.11 Å². The first-order chi connectivity index (χ1) is 14.8. The molecular weight excluding hydrogens is 473 g/mol. The highest BCUT2D eigenvalue weighted by molar-refractivity contribution is 7.92. The van der Waals surface area contributed by atoms with Crippen LogP contribution in [0.2, 0.25) is 5.02 Å². The van der Waals surface area contributed by atoms with Crippen LogP contribution in [0.5, 0.6) is 5.75 Å². The summed E-state index contributed by atoms with van der Waals surface area (Å²) >= 11 is 6.09. The Bertz CT molecular complexity index is 1040. The molecule has 7 nitrogen and oxygen atoms in total. The van der Waals surface area contributed by atoms with Crippen molar-refractivity contribution in [2.24, 2.45) is 5.92 Å². The number of hydrogen-bond acceptors (Lipinski definition) is 6. The van der Waals surface area contributed by atoms with Crippen LogP contribution in [-0.4, -0.2) is 50.6 Å².